The van der Waals surface area contributed by atoms with Crippen LogP contribution in [0, 0.1) is 0 Å². The van der Waals surface area contributed by atoms with Gasteiger partial charge in [0.15, 0.2) is 0 Å². The molecule has 2 aromatic rings. The van der Waals surface area contributed by atoms with Crippen LogP contribution in [0.4, 0.5) is 5.69 Å². The summed E-state index contributed by atoms with van der Waals surface area (Å²) in [7, 11) is -3.67. The Hall–Kier alpha value is -1.81. The number of ether oxygens (including phenoxy) is 1. The number of carbonyl (C=O) groups is 1. The highest BCUT2D eigenvalue weighted by Gasteiger charge is 2.27. The van der Waals surface area contributed by atoms with Crippen LogP contribution in [0.25, 0.3) is 0 Å². The van der Waals surface area contributed by atoms with Gasteiger partial charge < -0.3 is 10.1 Å². The predicted molar refractivity (Wildman–Crippen MR) is 95.9 cm³/mol. The highest BCUT2D eigenvalue weighted by molar-refractivity contribution is 9.10. The molecule has 1 aliphatic rings. The lowest BCUT2D eigenvalue weighted by Gasteiger charge is -2.26. The van der Waals surface area contributed by atoms with Crippen molar-refractivity contribution in [2.45, 2.75) is 4.90 Å². The quantitative estimate of drug-likeness (QED) is 0.809. The Morgan fingerprint density at radius 2 is 2.00 bits per heavy atom. The van der Waals surface area contributed by atoms with Gasteiger partial charge >= 0.3 is 0 Å². The number of amides is 1. The topological polar surface area (TPSA) is 88.6 Å². The SMILES string of the molecule is O=C(Nc1cccnc1)c1cc(S(=O)(=O)N2CCOCC2)ccc1Br. The molecule has 1 amide bonds. The normalized spacial score (nSPS) is 15.7. The van der Waals surface area contributed by atoms with Gasteiger partial charge in [0.25, 0.3) is 5.91 Å². The maximum atomic E-state index is 12.7. The van der Waals surface area contributed by atoms with E-state index in [4.69, 9.17) is 4.74 Å². The van der Waals surface area contributed by atoms with Crippen molar-refractivity contribution < 1.29 is 17.9 Å². The average molecular weight is 426 g/mol. The van der Waals surface area contributed by atoms with E-state index in [1.54, 1.807) is 24.4 Å². The first-order valence-corrected chi connectivity index (χ1v) is 9.80. The van der Waals surface area contributed by atoms with Gasteiger partial charge in [-0.3, -0.25) is 9.78 Å². The number of nitrogens with zero attached hydrogens (tertiary/aromatic N) is 2. The van der Waals surface area contributed by atoms with Crippen LogP contribution in [0.1, 0.15) is 10.4 Å². The van der Waals surface area contributed by atoms with Crippen molar-refractivity contribution in [1.29, 1.82) is 0 Å². The van der Waals surface area contributed by atoms with E-state index in [1.165, 1.54) is 22.6 Å². The molecule has 1 aromatic carbocycles. The molecule has 0 bridgehead atoms. The molecule has 1 N–H and O–H groups in total. The van der Waals surface area contributed by atoms with Crippen LogP contribution in [-0.4, -0.2) is 49.9 Å². The second-order valence-electron chi connectivity index (χ2n) is 5.35. The maximum Gasteiger partial charge on any atom is 0.256 e. The molecular weight excluding hydrogens is 410 g/mol. The molecule has 7 nitrogen and oxygen atoms in total. The molecule has 1 saturated heterocycles. The van der Waals surface area contributed by atoms with Gasteiger partial charge in [-0.1, -0.05) is 0 Å². The largest absolute Gasteiger partial charge is 0.379 e. The lowest BCUT2D eigenvalue weighted by atomic mass is 10.2. The summed E-state index contributed by atoms with van der Waals surface area (Å²) in [5, 5.41) is 2.70. The van der Waals surface area contributed by atoms with Gasteiger partial charge in [0.2, 0.25) is 10.0 Å². The smallest absolute Gasteiger partial charge is 0.256 e. The monoisotopic (exact) mass is 425 g/mol. The van der Waals surface area contributed by atoms with E-state index < -0.39 is 15.9 Å². The molecule has 2 heterocycles. The highest BCUT2D eigenvalue weighted by atomic mass is 79.9. The van der Waals surface area contributed by atoms with Gasteiger partial charge in [-0.25, -0.2) is 8.42 Å². The fourth-order valence-electron chi connectivity index (χ4n) is 2.41. The van der Waals surface area contributed by atoms with Gasteiger partial charge in [-0.05, 0) is 46.3 Å². The molecule has 0 radical (unpaired) electrons. The second-order valence-corrected chi connectivity index (χ2v) is 8.15. The Morgan fingerprint density at radius 3 is 2.68 bits per heavy atom. The molecule has 0 spiro atoms. The molecule has 132 valence electrons. The summed E-state index contributed by atoms with van der Waals surface area (Å²) in [5.74, 6) is -0.418. The lowest BCUT2D eigenvalue weighted by Crippen LogP contribution is -2.40. The molecule has 0 unspecified atom stereocenters. The summed E-state index contributed by atoms with van der Waals surface area (Å²) in [5.41, 5.74) is 0.763. The van der Waals surface area contributed by atoms with Crippen LogP contribution >= 0.6 is 15.9 Å². The van der Waals surface area contributed by atoms with E-state index in [1.807, 2.05) is 0 Å². The minimum Gasteiger partial charge on any atom is -0.379 e. The average Bonchev–Trinajstić information content (AvgIpc) is 2.63. The maximum absolute atomic E-state index is 12.7. The molecule has 1 aromatic heterocycles. The summed E-state index contributed by atoms with van der Waals surface area (Å²) < 4.78 is 32.6. The summed E-state index contributed by atoms with van der Waals surface area (Å²) in [6.07, 6.45) is 3.11. The van der Waals surface area contributed by atoms with Gasteiger partial charge in [-0.15, -0.1) is 0 Å². The zero-order valence-corrected chi connectivity index (χ0v) is 15.6. The van der Waals surface area contributed by atoms with E-state index >= 15 is 0 Å². The zero-order valence-electron chi connectivity index (χ0n) is 13.2. The Morgan fingerprint density at radius 1 is 1.24 bits per heavy atom. The number of morpholine rings is 1. The zero-order chi connectivity index (χ0) is 17.9. The van der Waals surface area contributed by atoms with Crippen molar-refractivity contribution >= 4 is 37.5 Å². The standard InChI is InChI=1S/C16H16BrN3O4S/c17-15-4-3-13(25(22,23)20-6-8-24-9-7-20)10-14(15)16(21)19-12-2-1-5-18-11-12/h1-5,10-11H,6-9H2,(H,19,21). The van der Waals surface area contributed by atoms with Crippen molar-refractivity contribution in [3.05, 3.63) is 52.8 Å². The first-order valence-electron chi connectivity index (χ1n) is 7.57. The number of aromatic nitrogens is 1. The van der Waals surface area contributed by atoms with Gasteiger partial charge in [0.1, 0.15) is 0 Å². The lowest BCUT2D eigenvalue weighted by molar-refractivity contribution is 0.0730. The number of pyridine rings is 1. The number of nitrogens with one attached hydrogen (secondary N) is 1. The van der Waals surface area contributed by atoms with E-state index in [2.05, 4.69) is 26.2 Å². The Labute approximate surface area is 154 Å². The first kappa shape index (κ1) is 18.0. The molecule has 0 saturated carbocycles. The summed E-state index contributed by atoms with van der Waals surface area (Å²) >= 11 is 3.30. The molecule has 0 atom stereocenters. The number of carbonyl (C=O) groups excluding carboxylic acids is 1. The highest BCUT2D eigenvalue weighted by Crippen LogP contribution is 2.24. The Balaban J connectivity index is 1.88. The summed E-state index contributed by atoms with van der Waals surface area (Å²) in [6.45, 7) is 1.33. The Kier molecular flexibility index (Phi) is 5.48. The third-order valence-electron chi connectivity index (χ3n) is 3.71. The number of sulfonamides is 1. The minimum atomic E-state index is -3.67. The molecule has 1 aliphatic heterocycles. The van der Waals surface area contributed by atoms with E-state index in [-0.39, 0.29) is 10.5 Å². The van der Waals surface area contributed by atoms with Crippen LogP contribution < -0.4 is 5.32 Å². The third kappa shape index (κ3) is 4.06. The number of halogens is 1. The van der Waals surface area contributed by atoms with Gasteiger partial charge in [0.05, 0.1) is 35.6 Å². The number of rotatable bonds is 4. The number of benzene rings is 1. The fraction of sp³-hybridized carbons (Fsp3) is 0.250. The predicted octanol–water partition coefficient (Wildman–Crippen LogP) is 2.12. The van der Waals surface area contributed by atoms with Crippen LogP contribution in [-0.2, 0) is 14.8 Å². The number of anilines is 1. The second kappa shape index (κ2) is 7.61. The molecule has 1 fully saturated rings. The molecule has 25 heavy (non-hydrogen) atoms. The molecule has 0 aliphatic carbocycles. The Bertz CT molecular complexity index is 868. The third-order valence-corrected chi connectivity index (χ3v) is 6.30. The van der Waals surface area contributed by atoms with E-state index in [0.717, 1.165) is 0 Å². The van der Waals surface area contributed by atoms with E-state index in [0.29, 0.717) is 36.5 Å². The van der Waals surface area contributed by atoms with E-state index in [9.17, 15) is 13.2 Å². The van der Waals surface area contributed by atoms with Crippen molar-refractivity contribution in [3.8, 4) is 0 Å². The van der Waals surface area contributed by atoms with Crippen LogP contribution in [0.5, 0.6) is 0 Å². The van der Waals surface area contributed by atoms with Crippen molar-refractivity contribution in [2.75, 3.05) is 31.6 Å². The first-order chi connectivity index (χ1) is 12.0. The summed E-state index contributed by atoms with van der Waals surface area (Å²) in [4.78, 5) is 16.5. The van der Waals surface area contributed by atoms with Gasteiger partial charge in [-0.2, -0.15) is 4.31 Å². The number of hydrogen-bond donors (Lipinski definition) is 1. The fourth-order valence-corrected chi connectivity index (χ4v) is 4.27. The number of hydrogen-bond acceptors (Lipinski definition) is 5. The van der Waals surface area contributed by atoms with Crippen molar-refractivity contribution in [1.82, 2.24) is 9.29 Å². The summed E-state index contributed by atoms with van der Waals surface area (Å²) in [6, 6.07) is 7.82. The van der Waals surface area contributed by atoms with Crippen molar-refractivity contribution in [2.24, 2.45) is 0 Å². The molecular formula is C16H16BrN3O4S. The van der Waals surface area contributed by atoms with Gasteiger partial charge in [0, 0.05) is 23.8 Å². The van der Waals surface area contributed by atoms with Crippen LogP contribution in [0.15, 0.2) is 52.1 Å². The molecule has 3 rings (SSSR count). The van der Waals surface area contributed by atoms with Crippen LogP contribution in [0.3, 0.4) is 0 Å². The minimum absolute atomic E-state index is 0.0777. The van der Waals surface area contributed by atoms with Crippen molar-refractivity contribution in [3.63, 3.8) is 0 Å². The molecule has 9 heteroatoms. The van der Waals surface area contributed by atoms with Crippen LogP contribution in [0.2, 0.25) is 0 Å².